The Morgan fingerprint density at radius 3 is 2.37 bits per heavy atom. The van der Waals surface area contributed by atoms with Gasteiger partial charge in [-0.05, 0) is 43.4 Å². The van der Waals surface area contributed by atoms with Crippen LogP contribution >= 0.6 is 0 Å². The summed E-state index contributed by atoms with van der Waals surface area (Å²) in [6.45, 7) is 0.561. The standard InChI is InChI=1S/C15H23NO3/c17-14(13-11-6-3-7-12(11)13)16-8-9-4-1-2-5-10(9)15(18)19/h9-13H,1-8H2,(H,16,17)(H,18,19). The van der Waals surface area contributed by atoms with Crippen LogP contribution in [0.2, 0.25) is 0 Å². The average molecular weight is 265 g/mol. The second-order valence-electron chi connectivity index (χ2n) is 6.52. The number of amides is 1. The summed E-state index contributed by atoms with van der Waals surface area (Å²) in [7, 11) is 0. The molecule has 3 fully saturated rings. The molecule has 0 radical (unpaired) electrons. The highest BCUT2D eigenvalue weighted by Gasteiger charge is 2.56. The van der Waals surface area contributed by atoms with Crippen molar-refractivity contribution in [2.75, 3.05) is 6.54 Å². The van der Waals surface area contributed by atoms with E-state index in [0.717, 1.165) is 25.7 Å². The number of rotatable bonds is 4. The van der Waals surface area contributed by atoms with E-state index in [1.54, 1.807) is 0 Å². The van der Waals surface area contributed by atoms with Crippen molar-refractivity contribution < 1.29 is 14.7 Å². The van der Waals surface area contributed by atoms with Gasteiger partial charge >= 0.3 is 5.97 Å². The van der Waals surface area contributed by atoms with Crippen molar-refractivity contribution in [3.63, 3.8) is 0 Å². The van der Waals surface area contributed by atoms with Crippen LogP contribution in [0.15, 0.2) is 0 Å². The number of carbonyl (C=O) groups excluding carboxylic acids is 1. The molecule has 4 atom stereocenters. The van der Waals surface area contributed by atoms with Gasteiger partial charge in [-0.25, -0.2) is 0 Å². The van der Waals surface area contributed by atoms with Gasteiger partial charge in [-0.2, -0.15) is 0 Å². The van der Waals surface area contributed by atoms with Crippen LogP contribution in [0.3, 0.4) is 0 Å². The quantitative estimate of drug-likeness (QED) is 0.817. The molecule has 0 aromatic carbocycles. The molecule has 0 bridgehead atoms. The monoisotopic (exact) mass is 265 g/mol. The molecule has 0 heterocycles. The number of aliphatic carboxylic acids is 1. The van der Waals surface area contributed by atoms with Gasteiger partial charge in [-0.1, -0.05) is 19.3 Å². The van der Waals surface area contributed by atoms with Crippen LogP contribution in [0, 0.1) is 29.6 Å². The molecule has 0 aromatic heterocycles. The first-order chi connectivity index (χ1) is 9.18. The molecule has 4 nitrogen and oxygen atoms in total. The van der Waals surface area contributed by atoms with Crippen LogP contribution in [0.5, 0.6) is 0 Å². The van der Waals surface area contributed by atoms with Crippen molar-refractivity contribution in [1.29, 1.82) is 0 Å². The number of hydrogen-bond donors (Lipinski definition) is 2. The lowest BCUT2D eigenvalue weighted by molar-refractivity contribution is -0.145. The van der Waals surface area contributed by atoms with E-state index in [-0.39, 0.29) is 23.7 Å². The molecule has 19 heavy (non-hydrogen) atoms. The summed E-state index contributed by atoms with van der Waals surface area (Å²) in [6, 6.07) is 0. The zero-order valence-electron chi connectivity index (χ0n) is 11.3. The van der Waals surface area contributed by atoms with Crippen LogP contribution in [0.25, 0.3) is 0 Å². The molecule has 4 heteroatoms. The lowest BCUT2D eigenvalue weighted by Crippen LogP contribution is -2.38. The first kappa shape index (κ1) is 12.9. The molecule has 0 aliphatic heterocycles. The molecular weight excluding hydrogens is 242 g/mol. The molecule has 3 aliphatic carbocycles. The number of carbonyl (C=O) groups is 2. The Morgan fingerprint density at radius 1 is 1.00 bits per heavy atom. The van der Waals surface area contributed by atoms with E-state index in [2.05, 4.69) is 5.32 Å². The van der Waals surface area contributed by atoms with Gasteiger partial charge in [0.05, 0.1) is 5.92 Å². The fraction of sp³-hybridized carbons (Fsp3) is 0.867. The minimum atomic E-state index is -0.692. The summed E-state index contributed by atoms with van der Waals surface area (Å²) in [5, 5.41) is 12.2. The Morgan fingerprint density at radius 2 is 1.68 bits per heavy atom. The highest BCUT2D eigenvalue weighted by Crippen LogP contribution is 2.57. The Balaban J connectivity index is 1.48. The van der Waals surface area contributed by atoms with E-state index >= 15 is 0 Å². The Hall–Kier alpha value is -1.06. The largest absolute Gasteiger partial charge is 0.481 e. The lowest BCUT2D eigenvalue weighted by atomic mass is 9.79. The van der Waals surface area contributed by atoms with Gasteiger partial charge in [-0.15, -0.1) is 0 Å². The van der Waals surface area contributed by atoms with Crippen LogP contribution in [-0.4, -0.2) is 23.5 Å². The van der Waals surface area contributed by atoms with E-state index < -0.39 is 5.97 Å². The molecule has 3 rings (SSSR count). The minimum absolute atomic E-state index is 0.133. The van der Waals surface area contributed by atoms with E-state index in [1.165, 1.54) is 19.3 Å². The number of carboxylic acids is 1. The Labute approximate surface area is 113 Å². The molecule has 106 valence electrons. The molecule has 0 aromatic rings. The number of hydrogen-bond acceptors (Lipinski definition) is 2. The predicted molar refractivity (Wildman–Crippen MR) is 70.4 cm³/mol. The topological polar surface area (TPSA) is 66.4 Å². The van der Waals surface area contributed by atoms with Crippen molar-refractivity contribution >= 4 is 11.9 Å². The summed E-state index contributed by atoms with van der Waals surface area (Å²) >= 11 is 0. The zero-order chi connectivity index (χ0) is 13.4. The molecule has 0 saturated heterocycles. The van der Waals surface area contributed by atoms with Crippen LogP contribution in [-0.2, 0) is 9.59 Å². The predicted octanol–water partition coefficient (Wildman–Crippen LogP) is 2.04. The third-order valence-electron chi connectivity index (χ3n) is 5.47. The van der Waals surface area contributed by atoms with Crippen LogP contribution in [0.4, 0.5) is 0 Å². The summed E-state index contributed by atoms with van der Waals surface area (Å²) in [4.78, 5) is 23.3. The molecule has 1 amide bonds. The van der Waals surface area contributed by atoms with Gasteiger partial charge in [0.2, 0.25) is 5.91 Å². The molecule has 4 unspecified atom stereocenters. The summed E-state index contributed by atoms with van der Waals surface area (Å²) < 4.78 is 0. The third-order valence-corrected chi connectivity index (χ3v) is 5.47. The van der Waals surface area contributed by atoms with Gasteiger partial charge in [0.25, 0.3) is 0 Å². The van der Waals surface area contributed by atoms with Crippen molar-refractivity contribution in [2.45, 2.75) is 44.9 Å². The van der Waals surface area contributed by atoms with Crippen molar-refractivity contribution in [3.8, 4) is 0 Å². The minimum Gasteiger partial charge on any atom is -0.481 e. The maximum atomic E-state index is 12.1. The van der Waals surface area contributed by atoms with Crippen molar-refractivity contribution in [3.05, 3.63) is 0 Å². The van der Waals surface area contributed by atoms with Crippen molar-refractivity contribution in [1.82, 2.24) is 5.32 Å². The maximum Gasteiger partial charge on any atom is 0.306 e. The van der Waals surface area contributed by atoms with Gasteiger partial charge in [0, 0.05) is 12.5 Å². The van der Waals surface area contributed by atoms with E-state index in [4.69, 9.17) is 0 Å². The third kappa shape index (κ3) is 2.49. The van der Waals surface area contributed by atoms with Gasteiger partial charge < -0.3 is 10.4 Å². The fourth-order valence-electron chi connectivity index (χ4n) is 4.34. The summed E-state index contributed by atoms with van der Waals surface area (Å²) in [5.74, 6) is 0.900. The highest BCUT2D eigenvalue weighted by atomic mass is 16.4. The van der Waals surface area contributed by atoms with E-state index in [1.807, 2.05) is 0 Å². The summed E-state index contributed by atoms with van der Waals surface area (Å²) in [6.07, 6.45) is 7.52. The van der Waals surface area contributed by atoms with Crippen LogP contribution < -0.4 is 5.32 Å². The van der Waals surface area contributed by atoms with Gasteiger partial charge in [-0.3, -0.25) is 9.59 Å². The second kappa shape index (κ2) is 5.14. The smallest absolute Gasteiger partial charge is 0.306 e. The number of carboxylic acid groups (broad SMARTS) is 1. The van der Waals surface area contributed by atoms with E-state index in [0.29, 0.717) is 18.4 Å². The molecule has 3 aliphatic rings. The fourth-order valence-corrected chi connectivity index (χ4v) is 4.34. The van der Waals surface area contributed by atoms with E-state index in [9.17, 15) is 14.7 Å². The number of fused-ring (bicyclic) bond motifs is 1. The Kier molecular flexibility index (Phi) is 3.50. The zero-order valence-corrected chi connectivity index (χ0v) is 11.3. The highest BCUT2D eigenvalue weighted by molar-refractivity contribution is 5.82. The normalized spacial score (nSPS) is 40.5. The first-order valence-electron chi connectivity index (χ1n) is 7.69. The SMILES string of the molecule is O=C(O)C1CCCCC1CNC(=O)C1C2CCCC21. The number of nitrogens with one attached hydrogen (secondary N) is 1. The lowest BCUT2D eigenvalue weighted by Gasteiger charge is -2.28. The first-order valence-corrected chi connectivity index (χ1v) is 7.69. The summed E-state index contributed by atoms with van der Waals surface area (Å²) in [5.41, 5.74) is 0. The van der Waals surface area contributed by atoms with Gasteiger partial charge in [0.1, 0.15) is 0 Å². The molecule has 0 spiro atoms. The van der Waals surface area contributed by atoms with Crippen LogP contribution in [0.1, 0.15) is 44.9 Å². The van der Waals surface area contributed by atoms with Crippen molar-refractivity contribution in [2.24, 2.45) is 29.6 Å². The molecule has 3 saturated carbocycles. The second-order valence-corrected chi connectivity index (χ2v) is 6.52. The average Bonchev–Trinajstić information content (AvgIpc) is 2.89. The molecular formula is C15H23NO3. The Bertz CT molecular complexity index is 372. The maximum absolute atomic E-state index is 12.1. The van der Waals surface area contributed by atoms with Gasteiger partial charge in [0.15, 0.2) is 0 Å². The molecule has 2 N–H and O–H groups in total.